The SMILES string of the molecule is O=C(O)C(Cc1ccccc1[N+](=O)[O-])=NNc1nc(-c2ccc(OCCCOc3ccc(Cl)cc3)cc2)cs1. The fourth-order valence-electron chi connectivity index (χ4n) is 3.45. The average molecular weight is 567 g/mol. The van der Waals surface area contributed by atoms with Gasteiger partial charge in [-0.1, -0.05) is 29.8 Å². The molecule has 1 heterocycles. The molecule has 0 amide bonds. The molecule has 4 aromatic rings. The van der Waals surface area contributed by atoms with E-state index in [4.69, 9.17) is 21.1 Å². The van der Waals surface area contributed by atoms with Gasteiger partial charge in [0.1, 0.15) is 17.2 Å². The molecule has 0 aliphatic rings. The molecule has 0 aliphatic heterocycles. The lowest BCUT2D eigenvalue weighted by Gasteiger charge is -2.08. The highest BCUT2D eigenvalue weighted by molar-refractivity contribution is 7.14. The summed E-state index contributed by atoms with van der Waals surface area (Å²) in [5.41, 5.74) is 3.99. The van der Waals surface area contributed by atoms with Crippen molar-refractivity contribution >= 4 is 45.4 Å². The number of ether oxygens (including phenoxy) is 2. The van der Waals surface area contributed by atoms with E-state index in [2.05, 4.69) is 15.5 Å². The van der Waals surface area contributed by atoms with Gasteiger partial charge in [0.25, 0.3) is 5.69 Å². The second-order valence-corrected chi connectivity index (χ2v) is 9.40. The smallest absolute Gasteiger partial charge is 0.352 e. The molecule has 3 aromatic carbocycles. The topological polar surface area (TPSA) is 136 Å². The van der Waals surface area contributed by atoms with Crippen LogP contribution in [0, 0.1) is 10.1 Å². The van der Waals surface area contributed by atoms with E-state index in [1.807, 2.05) is 41.8 Å². The van der Waals surface area contributed by atoms with Crippen molar-refractivity contribution in [1.29, 1.82) is 0 Å². The minimum Gasteiger partial charge on any atom is -0.493 e. The summed E-state index contributed by atoms with van der Waals surface area (Å²) in [6.07, 6.45) is 0.494. The number of hydrazone groups is 1. The number of nitrogens with one attached hydrogen (secondary N) is 1. The summed E-state index contributed by atoms with van der Waals surface area (Å²) < 4.78 is 11.4. The average Bonchev–Trinajstić information content (AvgIpc) is 3.41. The van der Waals surface area contributed by atoms with E-state index >= 15 is 0 Å². The predicted molar refractivity (Wildman–Crippen MR) is 150 cm³/mol. The van der Waals surface area contributed by atoms with Gasteiger partial charge in [-0.15, -0.1) is 11.3 Å². The summed E-state index contributed by atoms with van der Waals surface area (Å²) in [4.78, 5) is 26.8. The van der Waals surface area contributed by atoms with Crippen molar-refractivity contribution in [2.24, 2.45) is 5.10 Å². The number of rotatable bonds is 13. The maximum Gasteiger partial charge on any atom is 0.352 e. The lowest BCUT2D eigenvalue weighted by molar-refractivity contribution is -0.385. The number of hydrogen-bond acceptors (Lipinski definition) is 9. The molecule has 4 rings (SSSR count). The molecular weight excluding hydrogens is 544 g/mol. The second-order valence-electron chi connectivity index (χ2n) is 8.10. The minimum atomic E-state index is -1.29. The molecule has 0 saturated carbocycles. The zero-order valence-electron chi connectivity index (χ0n) is 20.5. The van der Waals surface area contributed by atoms with Gasteiger partial charge in [-0.05, 0) is 48.5 Å². The number of thiazole rings is 1. The summed E-state index contributed by atoms with van der Waals surface area (Å²) in [5, 5.41) is 27.5. The maximum absolute atomic E-state index is 11.7. The monoisotopic (exact) mass is 566 g/mol. The van der Waals surface area contributed by atoms with Crippen LogP contribution in [0.2, 0.25) is 5.02 Å². The first-order valence-corrected chi connectivity index (χ1v) is 13.0. The number of aromatic nitrogens is 1. The molecule has 0 bridgehead atoms. The van der Waals surface area contributed by atoms with Gasteiger partial charge in [0, 0.05) is 40.4 Å². The molecule has 200 valence electrons. The number of hydrogen-bond donors (Lipinski definition) is 2. The van der Waals surface area contributed by atoms with Crippen LogP contribution in [0.4, 0.5) is 10.8 Å². The van der Waals surface area contributed by atoms with Gasteiger partial charge < -0.3 is 14.6 Å². The summed E-state index contributed by atoms with van der Waals surface area (Å²) in [5.74, 6) is 0.181. The number of carboxylic acid groups (broad SMARTS) is 1. The highest BCUT2D eigenvalue weighted by Gasteiger charge is 2.18. The van der Waals surface area contributed by atoms with Crippen LogP contribution in [-0.4, -0.2) is 39.9 Å². The summed E-state index contributed by atoms with van der Waals surface area (Å²) >= 11 is 7.12. The number of anilines is 1. The normalized spacial score (nSPS) is 11.2. The molecule has 0 fully saturated rings. The van der Waals surface area contributed by atoms with Crippen molar-refractivity contribution in [3.63, 3.8) is 0 Å². The van der Waals surface area contributed by atoms with Crippen LogP contribution in [0.1, 0.15) is 12.0 Å². The Kier molecular flexibility index (Phi) is 9.44. The van der Waals surface area contributed by atoms with Crippen LogP contribution in [-0.2, 0) is 11.2 Å². The van der Waals surface area contributed by atoms with Gasteiger partial charge in [-0.2, -0.15) is 5.10 Å². The van der Waals surface area contributed by atoms with E-state index < -0.39 is 10.9 Å². The summed E-state index contributed by atoms with van der Waals surface area (Å²) in [6.45, 7) is 1.01. The molecule has 0 radical (unpaired) electrons. The van der Waals surface area contributed by atoms with E-state index in [1.54, 1.807) is 18.2 Å². The quantitative estimate of drug-likeness (QED) is 0.0830. The van der Waals surface area contributed by atoms with E-state index in [0.29, 0.717) is 41.2 Å². The van der Waals surface area contributed by atoms with Crippen molar-refractivity contribution in [3.8, 4) is 22.8 Å². The highest BCUT2D eigenvalue weighted by atomic mass is 35.5. The minimum absolute atomic E-state index is 0.165. The van der Waals surface area contributed by atoms with E-state index in [9.17, 15) is 20.0 Å². The van der Waals surface area contributed by atoms with Crippen LogP contribution >= 0.6 is 22.9 Å². The summed E-state index contributed by atoms with van der Waals surface area (Å²) in [6, 6.07) is 20.6. The molecule has 39 heavy (non-hydrogen) atoms. The first kappa shape index (κ1) is 27.6. The van der Waals surface area contributed by atoms with Gasteiger partial charge in [0.2, 0.25) is 5.13 Å². The number of nitrogens with zero attached hydrogens (tertiary/aromatic N) is 3. The molecule has 12 heteroatoms. The Labute approximate surface area is 232 Å². The number of para-hydroxylation sites is 1. The van der Waals surface area contributed by atoms with Crippen molar-refractivity contribution in [2.75, 3.05) is 18.6 Å². The van der Waals surface area contributed by atoms with Gasteiger partial charge >= 0.3 is 5.97 Å². The Morgan fingerprint density at radius 1 is 1.03 bits per heavy atom. The standard InChI is InChI=1S/C27H23ClN4O6S/c28-20-8-12-22(13-9-20)38-15-3-14-37-21-10-6-18(7-11-21)24-17-39-27(29-24)31-30-23(26(33)34)16-19-4-1-2-5-25(19)32(35)36/h1-2,4-13,17H,3,14-16H2,(H,29,31)(H,33,34). The first-order chi connectivity index (χ1) is 18.9. The number of carbonyl (C=O) groups is 1. The predicted octanol–water partition coefficient (Wildman–Crippen LogP) is 6.31. The fourth-order valence-corrected chi connectivity index (χ4v) is 4.23. The van der Waals surface area contributed by atoms with Crippen molar-refractivity contribution in [3.05, 3.63) is 98.9 Å². The van der Waals surface area contributed by atoms with Crippen LogP contribution in [0.15, 0.2) is 83.3 Å². The van der Waals surface area contributed by atoms with Crippen LogP contribution in [0.3, 0.4) is 0 Å². The van der Waals surface area contributed by atoms with Crippen LogP contribution < -0.4 is 14.9 Å². The lowest BCUT2D eigenvalue weighted by Crippen LogP contribution is -2.18. The van der Waals surface area contributed by atoms with E-state index in [-0.39, 0.29) is 23.4 Å². The molecule has 0 saturated heterocycles. The Morgan fingerprint density at radius 3 is 2.31 bits per heavy atom. The van der Waals surface area contributed by atoms with Crippen LogP contribution in [0.5, 0.6) is 11.5 Å². The molecular formula is C27H23ClN4O6S. The molecule has 1 aromatic heterocycles. The van der Waals surface area contributed by atoms with Crippen molar-refractivity contribution in [1.82, 2.24) is 4.98 Å². The fraction of sp³-hybridized carbons (Fsp3) is 0.148. The zero-order chi connectivity index (χ0) is 27.6. The largest absolute Gasteiger partial charge is 0.493 e. The van der Waals surface area contributed by atoms with E-state index in [1.165, 1.54) is 29.5 Å². The third-order valence-corrected chi connectivity index (χ3v) is 6.37. The van der Waals surface area contributed by atoms with E-state index in [0.717, 1.165) is 11.3 Å². The molecule has 10 nitrogen and oxygen atoms in total. The van der Waals surface area contributed by atoms with Gasteiger partial charge in [0.05, 0.1) is 23.8 Å². The zero-order valence-corrected chi connectivity index (χ0v) is 22.0. The molecule has 0 spiro atoms. The Morgan fingerprint density at radius 2 is 1.67 bits per heavy atom. The van der Waals surface area contributed by atoms with Crippen molar-refractivity contribution < 1.29 is 24.3 Å². The van der Waals surface area contributed by atoms with Gasteiger partial charge in [-0.3, -0.25) is 15.5 Å². The molecule has 2 N–H and O–H groups in total. The Balaban J connectivity index is 1.29. The number of halogens is 1. The van der Waals surface area contributed by atoms with Crippen molar-refractivity contribution in [2.45, 2.75) is 12.8 Å². The first-order valence-electron chi connectivity index (χ1n) is 11.7. The Hall–Kier alpha value is -4.48. The number of nitro groups is 1. The maximum atomic E-state index is 11.7. The number of aliphatic carboxylic acids is 1. The van der Waals surface area contributed by atoms with Crippen LogP contribution in [0.25, 0.3) is 11.3 Å². The van der Waals surface area contributed by atoms with Gasteiger partial charge in [-0.25, -0.2) is 9.78 Å². The number of benzene rings is 3. The van der Waals surface area contributed by atoms with Gasteiger partial charge in [0.15, 0.2) is 0 Å². The third kappa shape index (κ3) is 8.00. The Bertz CT molecular complexity index is 1460. The number of carboxylic acids is 1. The molecule has 0 aliphatic carbocycles. The lowest BCUT2D eigenvalue weighted by atomic mass is 10.1. The third-order valence-electron chi connectivity index (χ3n) is 5.37. The number of nitro benzene ring substituents is 1. The molecule has 0 unspecified atom stereocenters. The molecule has 0 atom stereocenters. The second kappa shape index (κ2) is 13.4. The summed E-state index contributed by atoms with van der Waals surface area (Å²) in [7, 11) is 0. The highest BCUT2D eigenvalue weighted by Crippen LogP contribution is 2.27.